The van der Waals surface area contributed by atoms with Crippen molar-refractivity contribution in [1.82, 2.24) is 24.9 Å². The maximum absolute atomic E-state index is 13.5. The number of alkyl halides is 3. The number of fused-ring (bicyclic) bond motifs is 1. The van der Waals surface area contributed by atoms with E-state index in [0.717, 1.165) is 44.1 Å². The highest BCUT2D eigenvalue weighted by Crippen LogP contribution is 2.39. The van der Waals surface area contributed by atoms with Gasteiger partial charge in [-0.25, -0.2) is 14.4 Å². The van der Waals surface area contributed by atoms with E-state index in [-0.39, 0.29) is 16.4 Å². The number of hydrogen-bond donors (Lipinski definition) is 1. The highest BCUT2D eigenvalue weighted by molar-refractivity contribution is 7.18. The Kier molecular flexibility index (Phi) is 6.58. The van der Waals surface area contributed by atoms with Gasteiger partial charge in [-0.05, 0) is 42.8 Å². The van der Waals surface area contributed by atoms with Gasteiger partial charge in [0, 0.05) is 38.8 Å². The first-order chi connectivity index (χ1) is 17.7. The van der Waals surface area contributed by atoms with Gasteiger partial charge in [0.1, 0.15) is 16.5 Å². The van der Waals surface area contributed by atoms with Crippen LogP contribution in [0.5, 0.6) is 0 Å². The van der Waals surface area contributed by atoms with Crippen LogP contribution < -0.4 is 15.1 Å². The van der Waals surface area contributed by atoms with E-state index in [1.165, 1.54) is 12.1 Å². The number of aromatic nitrogens is 4. The lowest BCUT2D eigenvalue weighted by Crippen LogP contribution is -2.44. The molecule has 1 fully saturated rings. The summed E-state index contributed by atoms with van der Waals surface area (Å²) in [5.74, 6) is -1.26. The molecule has 0 radical (unpaired) electrons. The summed E-state index contributed by atoms with van der Waals surface area (Å²) in [7, 11) is 1.65. The fraction of sp³-hybridized carbons (Fsp3) is 0.333. The Morgan fingerprint density at radius 2 is 1.81 bits per heavy atom. The van der Waals surface area contributed by atoms with Crippen LogP contribution in [0.3, 0.4) is 0 Å². The number of rotatable bonds is 6. The van der Waals surface area contributed by atoms with Gasteiger partial charge < -0.3 is 15.1 Å². The van der Waals surface area contributed by atoms with E-state index in [0.29, 0.717) is 34.9 Å². The Morgan fingerprint density at radius 1 is 1.11 bits per heavy atom. The molecule has 13 heteroatoms. The predicted octanol–water partition coefficient (Wildman–Crippen LogP) is 4.48. The molecule has 4 aromatic rings. The van der Waals surface area contributed by atoms with Crippen LogP contribution in [0.2, 0.25) is 0 Å². The van der Waals surface area contributed by atoms with Crippen molar-refractivity contribution in [3.63, 3.8) is 0 Å². The zero-order valence-corrected chi connectivity index (χ0v) is 20.8. The molecular weight excluding hydrogens is 510 g/mol. The molecule has 1 aromatic carbocycles. The molecule has 1 N–H and O–H groups in total. The second-order valence-electron chi connectivity index (χ2n) is 8.50. The van der Waals surface area contributed by atoms with Gasteiger partial charge in [0.05, 0.1) is 11.4 Å². The smallest absolute Gasteiger partial charge is 0.353 e. The third-order valence-corrected chi connectivity index (χ3v) is 7.22. The van der Waals surface area contributed by atoms with Gasteiger partial charge >= 0.3 is 6.18 Å². The highest BCUT2D eigenvalue weighted by Gasteiger charge is 2.42. The standard InChI is InChI=1S/C24H23F4N7OS/c1-3-16-22(35-17(30-16)8-9-18(32-35)34-12-10-29-11-13-34)33(2)23-31-19(14-4-6-15(25)7-5-14)20(37-23)21(36)24(26,27)28/h4-9,29H,3,10-13H2,1-2H3. The van der Waals surface area contributed by atoms with Crippen molar-refractivity contribution in [2.24, 2.45) is 0 Å². The second-order valence-corrected chi connectivity index (χ2v) is 9.48. The lowest BCUT2D eigenvalue weighted by molar-refractivity contribution is -0.0882. The number of halogens is 4. The number of nitrogens with one attached hydrogen (secondary N) is 1. The Hall–Kier alpha value is -3.58. The Morgan fingerprint density at radius 3 is 2.46 bits per heavy atom. The largest absolute Gasteiger partial charge is 0.455 e. The number of piperazine rings is 1. The van der Waals surface area contributed by atoms with Crippen LogP contribution in [0.25, 0.3) is 16.9 Å². The van der Waals surface area contributed by atoms with Crippen molar-refractivity contribution in [1.29, 1.82) is 0 Å². The van der Waals surface area contributed by atoms with Crippen molar-refractivity contribution in [2.75, 3.05) is 43.0 Å². The molecule has 0 saturated carbocycles. The quantitative estimate of drug-likeness (QED) is 0.289. The van der Waals surface area contributed by atoms with E-state index >= 15 is 0 Å². The van der Waals surface area contributed by atoms with E-state index in [9.17, 15) is 22.4 Å². The third kappa shape index (κ3) is 4.76. The number of carbonyl (C=O) groups excluding carboxylic acids is 1. The van der Waals surface area contributed by atoms with Crippen LogP contribution in [0, 0.1) is 5.82 Å². The van der Waals surface area contributed by atoms with Gasteiger partial charge in [0.15, 0.2) is 16.6 Å². The van der Waals surface area contributed by atoms with E-state index in [2.05, 4.69) is 20.2 Å². The second kappa shape index (κ2) is 9.71. The average molecular weight is 534 g/mol. The summed E-state index contributed by atoms with van der Waals surface area (Å²) in [6.07, 6.45) is -4.55. The third-order valence-electron chi connectivity index (χ3n) is 6.09. The molecule has 1 aliphatic heterocycles. The minimum atomic E-state index is -5.09. The molecule has 8 nitrogen and oxygen atoms in total. The molecule has 1 aliphatic rings. The van der Waals surface area contributed by atoms with Crippen LogP contribution in [-0.4, -0.2) is 64.8 Å². The molecule has 3 aromatic heterocycles. The van der Waals surface area contributed by atoms with Crippen LogP contribution in [0.1, 0.15) is 22.3 Å². The number of benzene rings is 1. The summed E-state index contributed by atoms with van der Waals surface area (Å²) in [6.45, 7) is 5.15. The number of nitrogens with zero attached hydrogens (tertiary/aromatic N) is 6. The number of carbonyl (C=O) groups is 1. The lowest BCUT2D eigenvalue weighted by atomic mass is 10.1. The van der Waals surface area contributed by atoms with Gasteiger partial charge in [-0.2, -0.15) is 17.7 Å². The Labute approximate surface area is 213 Å². The number of thiazole rings is 1. The summed E-state index contributed by atoms with van der Waals surface area (Å²) in [5, 5.41) is 8.23. The average Bonchev–Trinajstić information content (AvgIpc) is 3.50. The highest BCUT2D eigenvalue weighted by atomic mass is 32.1. The summed E-state index contributed by atoms with van der Waals surface area (Å²) < 4.78 is 55.5. The molecule has 0 bridgehead atoms. The first kappa shape index (κ1) is 25.1. The fourth-order valence-electron chi connectivity index (χ4n) is 4.22. The summed E-state index contributed by atoms with van der Waals surface area (Å²) in [4.78, 5) is 24.5. The van der Waals surface area contributed by atoms with Crippen LogP contribution in [0.15, 0.2) is 36.4 Å². The minimum Gasteiger partial charge on any atom is -0.353 e. The van der Waals surface area contributed by atoms with E-state index in [1.807, 2.05) is 19.1 Å². The summed E-state index contributed by atoms with van der Waals surface area (Å²) in [6, 6.07) is 8.57. The van der Waals surface area contributed by atoms with E-state index < -0.39 is 22.7 Å². The minimum absolute atomic E-state index is 0.151. The van der Waals surface area contributed by atoms with Crippen molar-refractivity contribution in [2.45, 2.75) is 19.5 Å². The van der Waals surface area contributed by atoms with Gasteiger partial charge in [-0.3, -0.25) is 4.79 Å². The molecule has 1 saturated heterocycles. The van der Waals surface area contributed by atoms with Crippen LogP contribution in [0.4, 0.5) is 34.3 Å². The maximum Gasteiger partial charge on any atom is 0.455 e. The van der Waals surface area contributed by atoms with Gasteiger partial charge in [0.25, 0.3) is 5.78 Å². The fourth-order valence-corrected chi connectivity index (χ4v) is 5.23. The summed E-state index contributed by atoms with van der Waals surface area (Å²) in [5.41, 5.74) is 1.31. The van der Waals surface area contributed by atoms with Crippen molar-refractivity contribution < 1.29 is 22.4 Å². The number of imidazole rings is 1. The molecule has 4 heterocycles. The maximum atomic E-state index is 13.5. The monoisotopic (exact) mass is 533 g/mol. The van der Waals surface area contributed by atoms with E-state index in [4.69, 9.17) is 5.10 Å². The first-order valence-corrected chi connectivity index (χ1v) is 12.5. The Bertz CT molecular complexity index is 1440. The molecule has 37 heavy (non-hydrogen) atoms. The zero-order chi connectivity index (χ0) is 26.3. The Balaban J connectivity index is 1.62. The molecule has 0 spiro atoms. The van der Waals surface area contributed by atoms with Gasteiger partial charge in [-0.15, -0.1) is 5.10 Å². The molecular formula is C24H23F4N7OS. The molecule has 0 unspecified atom stereocenters. The molecule has 5 rings (SSSR count). The molecule has 0 aliphatic carbocycles. The number of ketones is 1. The first-order valence-electron chi connectivity index (χ1n) is 11.6. The van der Waals surface area contributed by atoms with Crippen LogP contribution >= 0.6 is 11.3 Å². The lowest BCUT2D eigenvalue weighted by Gasteiger charge is -2.28. The van der Waals surface area contributed by atoms with Crippen molar-refractivity contribution in [3.05, 3.63) is 52.8 Å². The number of hydrogen-bond acceptors (Lipinski definition) is 8. The van der Waals surface area contributed by atoms with Crippen molar-refractivity contribution >= 4 is 39.5 Å². The van der Waals surface area contributed by atoms with Gasteiger partial charge in [0.2, 0.25) is 0 Å². The normalized spacial score (nSPS) is 14.4. The zero-order valence-electron chi connectivity index (χ0n) is 20.0. The molecule has 194 valence electrons. The molecule has 0 amide bonds. The van der Waals surface area contributed by atoms with E-state index in [1.54, 1.807) is 16.5 Å². The summed E-state index contributed by atoms with van der Waals surface area (Å²) >= 11 is 0.624. The number of aryl methyl sites for hydroxylation is 1. The SMILES string of the molecule is CCc1nc2ccc(N3CCNCC3)nn2c1N(C)c1nc(-c2ccc(F)cc2)c(C(=O)C(F)(F)F)s1. The van der Waals surface area contributed by atoms with Crippen LogP contribution in [-0.2, 0) is 6.42 Å². The molecule has 0 atom stereocenters. The topological polar surface area (TPSA) is 78.7 Å². The van der Waals surface area contributed by atoms with Crippen molar-refractivity contribution in [3.8, 4) is 11.3 Å². The predicted molar refractivity (Wildman–Crippen MR) is 133 cm³/mol. The number of Topliss-reactive ketones (excluding diaryl/α,β-unsaturated/α-hetero) is 1. The van der Waals surface area contributed by atoms with Gasteiger partial charge in [-0.1, -0.05) is 18.3 Å². The number of anilines is 3.